The topological polar surface area (TPSA) is 66.5 Å². The summed E-state index contributed by atoms with van der Waals surface area (Å²) in [7, 11) is 0. The van der Waals surface area contributed by atoms with Gasteiger partial charge < -0.3 is 15.4 Å². The highest BCUT2D eigenvalue weighted by atomic mass is 16.5. The molecule has 2 N–H and O–H groups in total. The Balaban J connectivity index is 1.70. The molecule has 2 heterocycles. The lowest BCUT2D eigenvalue weighted by atomic mass is 10.3. The van der Waals surface area contributed by atoms with Gasteiger partial charge in [0.05, 0.1) is 25.1 Å². The minimum absolute atomic E-state index is 0.0346. The summed E-state index contributed by atoms with van der Waals surface area (Å²) in [6.07, 6.45) is 3.07. The summed E-state index contributed by atoms with van der Waals surface area (Å²) in [6, 6.07) is 3.76. The van der Waals surface area contributed by atoms with Gasteiger partial charge >= 0.3 is 0 Å². The predicted molar refractivity (Wildman–Crippen MR) is 83.5 cm³/mol. The first-order chi connectivity index (χ1) is 10.3. The molecule has 6 heteroatoms. The number of carbonyl (C=O) groups excluding carboxylic acids is 1. The van der Waals surface area contributed by atoms with Crippen molar-refractivity contribution in [1.82, 2.24) is 9.88 Å². The summed E-state index contributed by atoms with van der Waals surface area (Å²) in [6.45, 7) is 7.47. The molecule has 1 amide bonds. The highest BCUT2D eigenvalue weighted by Gasteiger charge is 2.09. The van der Waals surface area contributed by atoms with Gasteiger partial charge in [-0.1, -0.05) is 6.92 Å². The fourth-order valence-corrected chi connectivity index (χ4v) is 2.19. The Hall–Kier alpha value is -1.66. The van der Waals surface area contributed by atoms with Gasteiger partial charge in [-0.25, -0.2) is 4.98 Å². The summed E-state index contributed by atoms with van der Waals surface area (Å²) < 4.78 is 5.32. The van der Waals surface area contributed by atoms with Gasteiger partial charge in [-0.15, -0.1) is 0 Å². The smallest absolute Gasteiger partial charge is 0.224 e. The van der Waals surface area contributed by atoms with Gasteiger partial charge in [0.2, 0.25) is 5.91 Å². The number of morpholine rings is 1. The SMILES string of the molecule is CCCC(=O)Nc1ccc(NCCN2CCOCC2)nc1. The maximum atomic E-state index is 11.5. The number of hydrogen-bond donors (Lipinski definition) is 2. The molecule has 0 radical (unpaired) electrons. The van der Waals surface area contributed by atoms with Crippen LogP contribution in [0.4, 0.5) is 11.5 Å². The van der Waals surface area contributed by atoms with Crippen LogP contribution in [0.3, 0.4) is 0 Å². The molecule has 1 aliphatic heterocycles. The standard InChI is InChI=1S/C15H24N4O2/c1-2-3-15(20)18-13-4-5-14(17-12-13)16-6-7-19-8-10-21-11-9-19/h4-5,12H,2-3,6-11H2,1H3,(H,16,17)(H,18,20). The number of pyridine rings is 1. The molecule has 116 valence electrons. The van der Waals surface area contributed by atoms with Crippen LogP contribution >= 0.6 is 0 Å². The highest BCUT2D eigenvalue weighted by Crippen LogP contribution is 2.10. The molecule has 1 fully saturated rings. The first-order valence-corrected chi connectivity index (χ1v) is 7.58. The van der Waals surface area contributed by atoms with E-state index in [-0.39, 0.29) is 5.91 Å². The van der Waals surface area contributed by atoms with Gasteiger partial charge in [-0.05, 0) is 18.6 Å². The summed E-state index contributed by atoms with van der Waals surface area (Å²) in [5.74, 6) is 0.865. The van der Waals surface area contributed by atoms with Crippen molar-refractivity contribution in [2.45, 2.75) is 19.8 Å². The Kier molecular flexibility index (Phi) is 6.43. The van der Waals surface area contributed by atoms with Crippen LogP contribution in [0.15, 0.2) is 18.3 Å². The summed E-state index contributed by atoms with van der Waals surface area (Å²) in [5, 5.41) is 6.12. The quantitative estimate of drug-likeness (QED) is 0.798. The van der Waals surface area contributed by atoms with E-state index in [4.69, 9.17) is 4.74 Å². The number of anilines is 2. The number of carbonyl (C=O) groups is 1. The third-order valence-corrected chi connectivity index (χ3v) is 3.36. The molecule has 1 aromatic rings. The van der Waals surface area contributed by atoms with Crippen molar-refractivity contribution in [1.29, 1.82) is 0 Å². The van der Waals surface area contributed by atoms with Crippen molar-refractivity contribution in [2.24, 2.45) is 0 Å². The zero-order valence-electron chi connectivity index (χ0n) is 12.6. The number of hydrogen-bond acceptors (Lipinski definition) is 5. The second kappa shape index (κ2) is 8.59. The lowest BCUT2D eigenvalue weighted by molar-refractivity contribution is -0.116. The van der Waals surface area contributed by atoms with Gasteiger partial charge in [0.25, 0.3) is 0 Å². The van der Waals surface area contributed by atoms with Crippen LogP contribution in [-0.4, -0.2) is 55.2 Å². The Morgan fingerprint density at radius 2 is 2.19 bits per heavy atom. The molecular formula is C15H24N4O2. The van der Waals surface area contributed by atoms with Gasteiger partial charge in [-0.3, -0.25) is 9.69 Å². The Labute approximate surface area is 125 Å². The monoisotopic (exact) mass is 292 g/mol. The second-order valence-electron chi connectivity index (χ2n) is 5.11. The molecule has 0 saturated carbocycles. The zero-order valence-corrected chi connectivity index (χ0v) is 12.6. The molecule has 0 bridgehead atoms. The molecule has 6 nitrogen and oxygen atoms in total. The van der Waals surface area contributed by atoms with Crippen LogP contribution < -0.4 is 10.6 Å². The number of nitrogens with one attached hydrogen (secondary N) is 2. The van der Waals surface area contributed by atoms with Crippen molar-refractivity contribution in [3.63, 3.8) is 0 Å². The molecule has 0 atom stereocenters. The molecule has 21 heavy (non-hydrogen) atoms. The van der Waals surface area contributed by atoms with Crippen LogP contribution in [0.5, 0.6) is 0 Å². The largest absolute Gasteiger partial charge is 0.379 e. The van der Waals surface area contributed by atoms with Gasteiger partial charge in [0, 0.05) is 32.6 Å². The van der Waals surface area contributed by atoms with Crippen LogP contribution in [0, 0.1) is 0 Å². The van der Waals surface area contributed by atoms with E-state index in [1.807, 2.05) is 19.1 Å². The summed E-state index contributed by atoms with van der Waals surface area (Å²) in [5.41, 5.74) is 0.743. The molecule has 2 rings (SSSR count). The number of ether oxygens (including phenoxy) is 1. The number of amides is 1. The van der Waals surface area contributed by atoms with Crippen LogP contribution in [0.2, 0.25) is 0 Å². The zero-order chi connectivity index (χ0) is 14.9. The summed E-state index contributed by atoms with van der Waals surface area (Å²) in [4.78, 5) is 18.2. The van der Waals surface area contributed by atoms with Crippen LogP contribution in [-0.2, 0) is 9.53 Å². The molecule has 0 aromatic carbocycles. The van der Waals surface area contributed by atoms with Crippen molar-refractivity contribution < 1.29 is 9.53 Å². The van der Waals surface area contributed by atoms with E-state index in [1.165, 1.54) is 0 Å². The predicted octanol–water partition coefficient (Wildman–Crippen LogP) is 1.56. The van der Waals surface area contributed by atoms with Crippen molar-refractivity contribution in [3.8, 4) is 0 Å². The van der Waals surface area contributed by atoms with Crippen molar-refractivity contribution in [3.05, 3.63) is 18.3 Å². The average Bonchev–Trinajstić information content (AvgIpc) is 2.50. The molecule has 0 unspecified atom stereocenters. The van der Waals surface area contributed by atoms with E-state index in [9.17, 15) is 4.79 Å². The van der Waals surface area contributed by atoms with E-state index in [0.717, 1.165) is 57.3 Å². The molecule has 0 spiro atoms. The lowest BCUT2D eigenvalue weighted by Gasteiger charge is -2.26. The molecule has 0 aliphatic carbocycles. The molecular weight excluding hydrogens is 268 g/mol. The van der Waals surface area contributed by atoms with E-state index < -0.39 is 0 Å². The van der Waals surface area contributed by atoms with Crippen LogP contribution in [0.1, 0.15) is 19.8 Å². The minimum atomic E-state index is 0.0346. The van der Waals surface area contributed by atoms with Crippen molar-refractivity contribution >= 4 is 17.4 Å². The maximum Gasteiger partial charge on any atom is 0.224 e. The fourth-order valence-electron chi connectivity index (χ4n) is 2.19. The number of nitrogens with zero attached hydrogens (tertiary/aromatic N) is 2. The van der Waals surface area contributed by atoms with Gasteiger partial charge in [0.1, 0.15) is 5.82 Å². The van der Waals surface area contributed by atoms with E-state index in [1.54, 1.807) is 6.20 Å². The Morgan fingerprint density at radius 3 is 2.86 bits per heavy atom. The molecule has 1 saturated heterocycles. The first kappa shape index (κ1) is 15.7. The van der Waals surface area contributed by atoms with Crippen LogP contribution in [0.25, 0.3) is 0 Å². The highest BCUT2D eigenvalue weighted by molar-refractivity contribution is 5.90. The third-order valence-electron chi connectivity index (χ3n) is 3.36. The van der Waals surface area contributed by atoms with E-state index >= 15 is 0 Å². The normalized spacial score (nSPS) is 15.7. The maximum absolute atomic E-state index is 11.5. The number of rotatable bonds is 7. The number of aromatic nitrogens is 1. The van der Waals surface area contributed by atoms with Gasteiger partial charge in [0.15, 0.2) is 0 Å². The van der Waals surface area contributed by atoms with E-state index in [2.05, 4.69) is 20.5 Å². The second-order valence-corrected chi connectivity index (χ2v) is 5.11. The molecule has 1 aliphatic rings. The Morgan fingerprint density at radius 1 is 1.38 bits per heavy atom. The van der Waals surface area contributed by atoms with E-state index in [0.29, 0.717) is 6.42 Å². The van der Waals surface area contributed by atoms with Gasteiger partial charge in [-0.2, -0.15) is 0 Å². The average molecular weight is 292 g/mol. The minimum Gasteiger partial charge on any atom is -0.379 e. The van der Waals surface area contributed by atoms with Crippen molar-refractivity contribution in [2.75, 3.05) is 50.0 Å². The third kappa shape index (κ3) is 5.69. The fraction of sp³-hybridized carbons (Fsp3) is 0.600. The first-order valence-electron chi connectivity index (χ1n) is 7.58. The Bertz CT molecular complexity index is 430. The summed E-state index contributed by atoms with van der Waals surface area (Å²) >= 11 is 0. The molecule has 1 aromatic heterocycles. The lowest BCUT2D eigenvalue weighted by Crippen LogP contribution is -2.39.